The second kappa shape index (κ2) is 7.38. The van der Waals surface area contributed by atoms with Crippen LogP contribution in [0.1, 0.15) is 18.5 Å². The Hall–Kier alpha value is -2.29. The highest BCUT2D eigenvalue weighted by Gasteiger charge is 2.30. The molecular weight excluding hydrogens is 444 g/mol. The van der Waals surface area contributed by atoms with Crippen LogP contribution in [0.25, 0.3) is 10.2 Å². The number of carbonyl (C=O) groups is 1. The number of anilines is 1. The lowest BCUT2D eigenvalue weighted by Gasteiger charge is -2.30. The third-order valence-electron chi connectivity index (χ3n) is 4.23. The van der Waals surface area contributed by atoms with Gasteiger partial charge in [-0.05, 0) is 49.0 Å². The predicted octanol–water partition coefficient (Wildman–Crippen LogP) is 4.49. The number of rotatable bonds is 3. The molecule has 5 nitrogen and oxygen atoms in total. The van der Waals surface area contributed by atoms with Crippen LogP contribution < -0.4 is 16.0 Å². The van der Waals surface area contributed by atoms with Crippen LogP contribution in [0.15, 0.2) is 64.3 Å². The van der Waals surface area contributed by atoms with Gasteiger partial charge in [-0.25, -0.2) is 4.98 Å². The van der Waals surface area contributed by atoms with Crippen molar-refractivity contribution in [1.82, 2.24) is 15.6 Å². The number of nitrogens with zero attached hydrogens (tertiary/aromatic N) is 1. The summed E-state index contributed by atoms with van der Waals surface area (Å²) < 4.78 is 2.01. The third-order valence-corrected chi connectivity index (χ3v) is 5.93. The van der Waals surface area contributed by atoms with E-state index >= 15 is 0 Å². The van der Waals surface area contributed by atoms with Crippen molar-refractivity contribution in [2.24, 2.45) is 0 Å². The van der Waals surface area contributed by atoms with Crippen LogP contribution in [0, 0.1) is 0 Å². The van der Waals surface area contributed by atoms with Crippen LogP contribution in [0.2, 0.25) is 0 Å². The molecule has 1 atom stereocenters. The number of hydrogen-bond acceptors (Lipinski definition) is 4. The van der Waals surface area contributed by atoms with Crippen LogP contribution >= 0.6 is 39.5 Å². The molecule has 27 heavy (non-hydrogen) atoms. The number of thiazole rings is 1. The van der Waals surface area contributed by atoms with Crippen molar-refractivity contribution in [3.8, 4) is 0 Å². The number of carbonyl (C=O) groups excluding carboxylic acids is 1. The molecule has 3 N–H and O–H groups in total. The molecule has 2 heterocycles. The van der Waals surface area contributed by atoms with E-state index < -0.39 is 0 Å². The molecule has 4 rings (SSSR count). The Bertz CT molecular complexity index is 1040. The van der Waals surface area contributed by atoms with Crippen LogP contribution in [0.4, 0.5) is 5.13 Å². The van der Waals surface area contributed by atoms with Gasteiger partial charge in [-0.2, -0.15) is 0 Å². The van der Waals surface area contributed by atoms with Gasteiger partial charge < -0.3 is 10.6 Å². The summed E-state index contributed by atoms with van der Waals surface area (Å²) in [4.78, 5) is 17.6. The maximum absolute atomic E-state index is 13.1. The zero-order valence-corrected chi connectivity index (χ0v) is 17.5. The Balaban J connectivity index is 1.67. The lowest BCUT2D eigenvalue weighted by atomic mass is 9.95. The van der Waals surface area contributed by atoms with Crippen molar-refractivity contribution < 1.29 is 4.79 Å². The van der Waals surface area contributed by atoms with E-state index in [1.165, 1.54) is 11.3 Å². The Morgan fingerprint density at radius 3 is 2.70 bits per heavy atom. The summed E-state index contributed by atoms with van der Waals surface area (Å²) in [7, 11) is 0. The molecule has 1 aliphatic heterocycles. The molecule has 136 valence electrons. The first-order valence-electron chi connectivity index (χ1n) is 8.22. The zero-order chi connectivity index (χ0) is 19.0. The van der Waals surface area contributed by atoms with Crippen molar-refractivity contribution in [1.29, 1.82) is 0 Å². The molecule has 0 saturated carbocycles. The molecule has 0 saturated heterocycles. The third kappa shape index (κ3) is 3.73. The number of halogens is 1. The van der Waals surface area contributed by atoms with Crippen LogP contribution in [0.5, 0.6) is 0 Å². The highest BCUT2D eigenvalue weighted by Crippen LogP contribution is 2.30. The van der Waals surface area contributed by atoms with E-state index in [4.69, 9.17) is 12.2 Å². The van der Waals surface area contributed by atoms with Crippen molar-refractivity contribution in [2.75, 3.05) is 5.32 Å². The van der Waals surface area contributed by atoms with Crippen molar-refractivity contribution in [2.45, 2.75) is 13.0 Å². The van der Waals surface area contributed by atoms with Gasteiger partial charge in [0, 0.05) is 10.2 Å². The number of aromatic nitrogens is 1. The molecule has 3 aromatic rings. The zero-order valence-electron chi connectivity index (χ0n) is 14.2. The Labute approximate surface area is 174 Å². The molecule has 2 aromatic carbocycles. The van der Waals surface area contributed by atoms with E-state index in [0.717, 1.165) is 25.9 Å². The number of para-hydroxylation sites is 1. The largest absolute Gasteiger partial charge is 0.351 e. The van der Waals surface area contributed by atoms with Gasteiger partial charge in [0.25, 0.3) is 5.91 Å². The minimum absolute atomic E-state index is 0.207. The molecule has 0 aliphatic carbocycles. The molecule has 1 amide bonds. The Kier molecular flexibility index (Phi) is 4.94. The molecule has 1 aliphatic rings. The van der Waals surface area contributed by atoms with Gasteiger partial charge in [0.2, 0.25) is 0 Å². The average Bonchev–Trinajstić information content (AvgIpc) is 3.03. The molecule has 0 fully saturated rings. The van der Waals surface area contributed by atoms with Gasteiger partial charge in [-0.15, -0.1) is 0 Å². The summed E-state index contributed by atoms with van der Waals surface area (Å²) in [6.45, 7) is 1.85. The van der Waals surface area contributed by atoms with Crippen LogP contribution in [-0.4, -0.2) is 16.0 Å². The second-order valence-corrected chi connectivity index (χ2v) is 8.42. The molecule has 1 unspecified atom stereocenters. The summed E-state index contributed by atoms with van der Waals surface area (Å²) in [6, 6.07) is 15.3. The van der Waals surface area contributed by atoms with Gasteiger partial charge in [-0.1, -0.05) is 51.5 Å². The van der Waals surface area contributed by atoms with Gasteiger partial charge in [0.1, 0.15) is 0 Å². The fourth-order valence-corrected chi connectivity index (χ4v) is 4.39. The van der Waals surface area contributed by atoms with E-state index in [1.807, 2.05) is 55.5 Å². The number of nitrogens with one attached hydrogen (secondary N) is 3. The highest BCUT2D eigenvalue weighted by molar-refractivity contribution is 9.10. The van der Waals surface area contributed by atoms with Crippen molar-refractivity contribution >= 4 is 65.9 Å². The summed E-state index contributed by atoms with van der Waals surface area (Å²) in [5, 5.41) is 10.2. The minimum atomic E-state index is -0.332. The topological polar surface area (TPSA) is 66.0 Å². The molecular formula is C19H15BrN4OS2. The first-order valence-corrected chi connectivity index (χ1v) is 10.2. The van der Waals surface area contributed by atoms with Gasteiger partial charge in [-0.3, -0.25) is 10.1 Å². The highest BCUT2D eigenvalue weighted by atomic mass is 79.9. The second-order valence-electron chi connectivity index (χ2n) is 6.06. The maximum atomic E-state index is 13.1. The number of thiocarbonyl (C=S) groups is 1. The fourth-order valence-electron chi connectivity index (χ4n) is 2.99. The quantitative estimate of drug-likeness (QED) is 0.504. The fraction of sp³-hybridized carbons (Fsp3) is 0.105. The first-order chi connectivity index (χ1) is 13.0. The minimum Gasteiger partial charge on any atom is -0.351 e. The Morgan fingerprint density at radius 2 is 1.96 bits per heavy atom. The molecule has 8 heteroatoms. The normalized spacial score (nSPS) is 16.8. The summed E-state index contributed by atoms with van der Waals surface area (Å²) in [5.74, 6) is -0.207. The van der Waals surface area contributed by atoms with Gasteiger partial charge >= 0.3 is 0 Å². The molecule has 0 radical (unpaired) electrons. The summed E-state index contributed by atoms with van der Waals surface area (Å²) >= 11 is 10.2. The maximum Gasteiger partial charge on any atom is 0.257 e. The standard InChI is InChI=1S/C19H15BrN4OS2/c1-10-15(16(23-18(26)21-10)11-6-8-12(20)9-7-11)17(25)24-19-22-13-4-2-3-5-14(13)27-19/h2-9,16H,1H3,(H2,21,23,26)(H,22,24,25). The number of amides is 1. The number of fused-ring (bicyclic) bond motifs is 1. The van der Waals surface area contributed by atoms with Crippen molar-refractivity contribution in [3.05, 3.63) is 69.8 Å². The molecule has 1 aromatic heterocycles. The van der Waals surface area contributed by atoms with Gasteiger partial charge in [0.05, 0.1) is 21.8 Å². The van der Waals surface area contributed by atoms with E-state index in [1.54, 1.807) is 0 Å². The van der Waals surface area contributed by atoms with Crippen LogP contribution in [0.3, 0.4) is 0 Å². The van der Waals surface area contributed by atoms with E-state index in [-0.39, 0.29) is 11.9 Å². The summed E-state index contributed by atoms with van der Waals surface area (Å²) in [5.41, 5.74) is 3.14. The monoisotopic (exact) mass is 458 g/mol. The van der Waals surface area contributed by atoms with Crippen LogP contribution in [-0.2, 0) is 4.79 Å². The van der Waals surface area contributed by atoms with Gasteiger partial charge in [0.15, 0.2) is 10.2 Å². The predicted molar refractivity (Wildman–Crippen MR) is 117 cm³/mol. The lowest BCUT2D eigenvalue weighted by Crippen LogP contribution is -2.45. The average molecular weight is 459 g/mol. The van der Waals surface area contributed by atoms with Crippen molar-refractivity contribution in [3.63, 3.8) is 0 Å². The number of allylic oxidation sites excluding steroid dienone is 1. The number of hydrogen-bond donors (Lipinski definition) is 3. The summed E-state index contributed by atoms with van der Waals surface area (Å²) in [6.07, 6.45) is 0. The smallest absolute Gasteiger partial charge is 0.257 e. The lowest BCUT2D eigenvalue weighted by molar-refractivity contribution is -0.113. The van der Waals surface area contributed by atoms with E-state index in [2.05, 4.69) is 36.9 Å². The molecule has 0 spiro atoms. The molecule has 0 bridgehead atoms. The van der Waals surface area contributed by atoms with E-state index in [0.29, 0.717) is 15.8 Å². The first kappa shape index (κ1) is 18.1. The number of benzene rings is 2. The van der Waals surface area contributed by atoms with E-state index in [9.17, 15) is 4.79 Å². The SMILES string of the molecule is CC1=C(C(=O)Nc2nc3ccccc3s2)C(c2ccc(Br)cc2)NC(=S)N1. The Morgan fingerprint density at radius 1 is 1.22 bits per heavy atom.